The van der Waals surface area contributed by atoms with Crippen LogP contribution in [0.15, 0.2) is 49.2 Å². The van der Waals surface area contributed by atoms with E-state index in [1.807, 2.05) is 0 Å². The smallest absolute Gasteiger partial charge is 0.257 e. The molecule has 0 saturated carbocycles. The minimum atomic E-state index is -2.99. The van der Waals surface area contributed by atoms with Gasteiger partial charge < -0.3 is 15.1 Å². The number of carbonyl (C=O) groups excluding carboxylic acids is 1. The zero-order chi connectivity index (χ0) is 25.3. The summed E-state index contributed by atoms with van der Waals surface area (Å²) < 4.78 is 71.8. The van der Waals surface area contributed by atoms with Crippen molar-refractivity contribution in [3.05, 3.63) is 83.0 Å². The lowest BCUT2D eigenvalue weighted by Crippen LogP contribution is -2.52. The van der Waals surface area contributed by atoms with Gasteiger partial charge in [0.2, 0.25) is 5.91 Å². The van der Waals surface area contributed by atoms with E-state index < -0.39 is 47.7 Å². The van der Waals surface area contributed by atoms with Gasteiger partial charge in [0.15, 0.2) is 29.8 Å². The quantitative estimate of drug-likeness (QED) is 0.246. The molecule has 1 N–H and O–H groups in total. The molecule has 186 valence electrons. The van der Waals surface area contributed by atoms with Crippen molar-refractivity contribution in [3.8, 4) is 0 Å². The van der Waals surface area contributed by atoms with Crippen LogP contribution in [-0.4, -0.2) is 45.4 Å². The first-order chi connectivity index (χ1) is 16.5. The lowest BCUT2D eigenvalue weighted by molar-refractivity contribution is -0.605. The van der Waals surface area contributed by atoms with E-state index in [1.165, 1.54) is 29.2 Å². The van der Waals surface area contributed by atoms with Gasteiger partial charge in [-0.3, -0.25) is 9.69 Å². The maximum absolute atomic E-state index is 14.6. The van der Waals surface area contributed by atoms with E-state index in [9.17, 15) is 32.0 Å². The van der Waals surface area contributed by atoms with Gasteiger partial charge in [-0.1, -0.05) is 0 Å². The number of piperidine rings is 1. The Morgan fingerprint density at radius 2 is 2.00 bits per heavy atom. The molecule has 2 atom stereocenters. The molecular formula is C23H22F5N5O2. The molecule has 1 saturated heterocycles. The average molecular weight is 495 g/mol. The zero-order valence-corrected chi connectivity index (χ0v) is 18.6. The summed E-state index contributed by atoms with van der Waals surface area (Å²) in [4.78, 5) is 18.4. The first-order valence-corrected chi connectivity index (χ1v) is 10.8. The van der Waals surface area contributed by atoms with Crippen molar-refractivity contribution in [3.63, 3.8) is 0 Å². The molecule has 3 aromatic rings. The van der Waals surface area contributed by atoms with Crippen molar-refractivity contribution >= 4 is 11.7 Å². The summed E-state index contributed by atoms with van der Waals surface area (Å²) in [5, 5.41) is 13.8. The van der Waals surface area contributed by atoms with Crippen LogP contribution in [0.2, 0.25) is 0 Å². The fourth-order valence-corrected chi connectivity index (χ4v) is 4.11. The number of hydrogen-bond acceptors (Lipinski definition) is 4. The molecule has 0 bridgehead atoms. The molecule has 7 nitrogen and oxygen atoms in total. The summed E-state index contributed by atoms with van der Waals surface area (Å²) in [6.07, 6.45) is 4.48. The van der Waals surface area contributed by atoms with Crippen LogP contribution in [0.25, 0.3) is 0 Å². The van der Waals surface area contributed by atoms with Gasteiger partial charge in [-0.25, -0.2) is 26.9 Å². The maximum atomic E-state index is 14.6. The second-order valence-electron chi connectivity index (χ2n) is 8.51. The van der Waals surface area contributed by atoms with Crippen LogP contribution in [0.3, 0.4) is 0 Å². The van der Waals surface area contributed by atoms with Crippen molar-refractivity contribution < 1.29 is 31.5 Å². The SMILES string of the molecule is C[C@@H](C(=O)Nc1cn(Cc2cc(F)cc(F)c2F)cn1)N1CCC(F)(F)[C@@H](c2cc[n+]([O-])cc2)C1. The van der Waals surface area contributed by atoms with Gasteiger partial charge in [0.05, 0.1) is 24.8 Å². The van der Waals surface area contributed by atoms with Gasteiger partial charge in [0.1, 0.15) is 5.82 Å². The van der Waals surface area contributed by atoms with Gasteiger partial charge in [-0.2, -0.15) is 4.73 Å². The van der Waals surface area contributed by atoms with Crippen LogP contribution in [0.5, 0.6) is 0 Å². The average Bonchev–Trinajstić information content (AvgIpc) is 3.24. The molecule has 0 spiro atoms. The molecule has 0 unspecified atom stereocenters. The number of carbonyl (C=O) groups is 1. The molecule has 3 heterocycles. The Morgan fingerprint density at radius 3 is 2.71 bits per heavy atom. The number of nitrogens with one attached hydrogen (secondary N) is 1. The van der Waals surface area contributed by atoms with Gasteiger partial charge in [-0.05, 0) is 18.6 Å². The Labute approximate surface area is 197 Å². The largest absolute Gasteiger partial charge is 0.619 e. The molecular weight excluding hydrogens is 473 g/mol. The van der Waals surface area contributed by atoms with Crippen LogP contribution >= 0.6 is 0 Å². The molecule has 1 fully saturated rings. The molecule has 4 rings (SSSR count). The number of hydrogen-bond donors (Lipinski definition) is 1. The first kappa shape index (κ1) is 24.6. The van der Waals surface area contributed by atoms with E-state index >= 15 is 0 Å². The maximum Gasteiger partial charge on any atom is 0.257 e. The zero-order valence-electron chi connectivity index (χ0n) is 18.6. The summed E-state index contributed by atoms with van der Waals surface area (Å²) in [5.41, 5.74) is 0.0778. The standard InChI is InChI=1S/C23H22F5N5O2/c1-14(32-7-4-23(27,28)18(11-32)15-2-5-33(35)6-3-15)22(34)30-20-12-31(13-29-20)10-16-8-17(24)9-19(25)21(16)26/h2-3,5-6,8-9,12-14,18H,4,7,10-11H2,1H3,(H,30,34)/t14-,18+/m0/s1. The van der Waals surface area contributed by atoms with Crippen LogP contribution in [-0.2, 0) is 11.3 Å². The topological polar surface area (TPSA) is 77.1 Å². The number of pyridine rings is 1. The molecule has 0 radical (unpaired) electrons. The van der Waals surface area contributed by atoms with E-state index in [0.29, 0.717) is 16.4 Å². The monoisotopic (exact) mass is 495 g/mol. The predicted molar refractivity (Wildman–Crippen MR) is 115 cm³/mol. The second-order valence-corrected chi connectivity index (χ2v) is 8.51. The minimum Gasteiger partial charge on any atom is -0.619 e. The van der Waals surface area contributed by atoms with Gasteiger partial charge in [-0.15, -0.1) is 0 Å². The van der Waals surface area contributed by atoms with Crippen LogP contribution in [0, 0.1) is 22.7 Å². The highest BCUT2D eigenvalue weighted by molar-refractivity contribution is 5.93. The second kappa shape index (κ2) is 9.61. The normalized spacial score (nSPS) is 18.9. The summed E-state index contributed by atoms with van der Waals surface area (Å²) in [6, 6.07) is 3.23. The number of likely N-dealkylation sites (tertiary alicyclic amines) is 1. The first-order valence-electron chi connectivity index (χ1n) is 10.8. The van der Waals surface area contributed by atoms with Crippen LogP contribution in [0.1, 0.15) is 30.4 Å². The van der Waals surface area contributed by atoms with E-state index in [0.717, 1.165) is 18.5 Å². The summed E-state index contributed by atoms with van der Waals surface area (Å²) >= 11 is 0. The Kier molecular flexibility index (Phi) is 6.75. The molecule has 2 aromatic heterocycles. The van der Waals surface area contributed by atoms with Crippen molar-refractivity contribution in [2.45, 2.75) is 37.8 Å². The predicted octanol–water partition coefficient (Wildman–Crippen LogP) is 3.43. The Bertz CT molecular complexity index is 1220. The van der Waals surface area contributed by atoms with Gasteiger partial charge in [0.25, 0.3) is 5.92 Å². The van der Waals surface area contributed by atoms with Crippen molar-refractivity contribution in [2.75, 3.05) is 18.4 Å². The van der Waals surface area contributed by atoms with Crippen molar-refractivity contribution in [1.82, 2.24) is 14.5 Å². The van der Waals surface area contributed by atoms with E-state index in [-0.39, 0.29) is 31.0 Å². The third kappa shape index (κ3) is 5.42. The van der Waals surface area contributed by atoms with Crippen molar-refractivity contribution in [2.24, 2.45) is 0 Å². The lowest BCUT2D eigenvalue weighted by Gasteiger charge is -2.40. The number of rotatable bonds is 6. The Hall–Kier alpha value is -3.54. The highest BCUT2D eigenvalue weighted by Gasteiger charge is 2.46. The summed E-state index contributed by atoms with van der Waals surface area (Å²) in [6.45, 7) is 1.26. The lowest BCUT2D eigenvalue weighted by atomic mass is 9.87. The van der Waals surface area contributed by atoms with Gasteiger partial charge in [0, 0.05) is 49.5 Å². The van der Waals surface area contributed by atoms with Gasteiger partial charge >= 0.3 is 0 Å². The molecule has 1 aromatic carbocycles. The molecule has 35 heavy (non-hydrogen) atoms. The fraction of sp³-hybridized carbons (Fsp3) is 0.348. The molecule has 0 aliphatic carbocycles. The van der Waals surface area contributed by atoms with E-state index in [1.54, 1.807) is 11.8 Å². The molecule has 12 heteroatoms. The van der Waals surface area contributed by atoms with Crippen LogP contribution in [0.4, 0.5) is 27.8 Å². The third-order valence-corrected chi connectivity index (χ3v) is 6.12. The number of aromatic nitrogens is 3. The number of alkyl halides is 2. The summed E-state index contributed by atoms with van der Waals surface area (Å²) in [7, 11) is 0. The Morgan fingerprint density at radius 1 is 1.29 bits per heavy atom. The number of nitrogens with zero attached hydrogens (tertiary/aromatic N) is 4. The number of benzene rings is 1. The fourth-order valence-electron chi connectivity index (χ4n) is 4.11. The Balaban J connectivity index is 1.41. The van der Waals surface area contributed by atoms with Crippen LogP contribution < -0.4 is 10.0 Å². The highest BCUT2D eigenvalue weighted by Crippen LogP contribution is 2.40. The highest BCUT2D eigenvalue weighted by atomic mass is 19.3. The minimum absolute atomic E-state index is 0.00860. The third-order valence-electron chi connectivity index (χ3n) is 6.12. The summed E-state index contributed by atoms with van der Waals surface area (Å²) in [5.74, 6) is -7.97. The number of anilines is 1. The molecule has 1 aliphatic rings. The molecule has 1 amide bonds. The van der Waals surface area contributed by atoms with E-state index in [4.69, 9.17) is 0 Å². The van der Waals surface area contributed by atoms with Crippen molar-refractivity contribution in [1.29, 1.82) is 0 Å². The number of halogens is 5. The number of amides is 1. The van der Waals surface area contributed by atoms with E-state index in [2.05, 4.69) is 10.3 Å². The number of imidazole rings is 1. The molecule has 1 aliphatic heterocycles.